The van der Waals surface area contributed by atoms with Gasteiger partial charge in [-0.15, -0.1) is 0 Å². The molecule has 0 saturated carbocycles. The van der Waals surface area contributed by atoms with Crippen LogP contribution in [0.15, 0.2) is 0 Å². The Morgan fingerprint density at radius 3 is 1.86 bits per heavy atom. The fourth-order valence-electron chi connectivity index (χ4n) is 0.664. The first-order valence-electron chi connectivity index (χ1n) is 3.84. The summed E-state index contributed by atoms with van der Waals surface area (Å²) in [5.41, 5.74) is 0. The van der Waals surface area contributed by atoms with Crippen molar-refractivity contribution in [3.63, 3.8) is 0 Å². The van der Waals surface area contributed by atoms with Gasteiger partial charge in [0.15, 0.2) is 0 Å². The van der Waals surface area contributed by atoms with Gasteiger partial charge >= 0.3 is 20.7 Å². The van der Waals surface area contributed by atoms with Crippen molar-refractivity contribution in [1.29, 1.82) is 5.41 Å². The van der Waals surface area contributed by atoms with E-state index < -0.39 is 20.7 Å². The molecule has 0 saturated heterocycles. The van der Waals surface area contributed by atoms with Gasteiger partial charge in [0.1, 0.15) is 0 Å². The number of hydrogen-bond acceptors (Lipinski definition) is 7. The van der Waals surface area contributed by atoms with Gasteiger partial charge in [-0.05, 0) is 13.8 Å². The summed E-state index contributed by atoms with van der Waals surface area (Å²) in [5, 5.41) is 5.90. The Labute approximate surface area is 82.3 Å². The first-order valence-corrected chi connectivity index (χ1v) is 7.03. The Morgan fingerprint density at radius 2 is 1.64 bits per heavy atom. The molecule has 0 spiro atoms. The first-order chi connectivity index (χ1) is 6.28. The second kappa shape index (κ2) is 5.28. The van der Waals surface area contributed by atoms with Crippen molar-refractivity contribution in [2.24, 2.45) is 0 Å². The molecule has 0 aromatic rings. The first kappa shape index (κ1) is 14.1. The van der Waals surface area contributed by atoms with E-state index in [0.29, 0.717) is 0 Å². The van der Waals surface area contributed by atoms with Gasteiger partial charge in [-0.2, -0.15) is 14.7 Å². The highest BCUT2D eigenvalue weighted by Gasteiger charge is 2.53. The summed E-state index contributed by atoms with van der Waals surface area (Å²) < 4.78 is 20.9. The summed E-state index contributed by atoms with van der Waals surface area (Å²) in [4.78, 5) is 26.2. The molecule has 4 N–H and O–H groups in total. The summed E-state index contributed by atoms with van der Waals surface area (Å²) in [5.74, 6) is 0. The van der Waals surface area contributed by atoms with Crippen LogP contribution in [-0.2, 0) is 13.6 Å². The minimum absolute atomic E-state index is 0.0281. The number of hydrogen-bond donors (Lipinski definition) is 4. The van der Waals surface area contributed by atoms with Gasteiger partial charge in [0.25, 0.3) is 0 Å². The number of rotatable bonds is 6. The molecular formula is C5H14NO6P2+. The molecule has 0 aromatic heterocycles. The van der Waals surface area contributed by atoms with Crippen molar-refractivity contribution in [1.82, 2.24) is 0 Å². The minimum atomic E-state index is -4.62. The molecule has 0 amide bonds. The Kier molecular flexibility index (Phi) is 5.33. The normalized spacial score (nSPS) is 12.9. The lowest BCUT2D eigenvalue weighted by atomic mass is 10.9. The van der Waals surface area contributed by atoms with Crippen molar-refractivity contribution >= 4 is 20.7 Å². The van der Waals surface area contributed by atoms with E-state index in [1.165, 1.54) is 13.8 Å². The highest BCUT2D eigenvalue weighted by Crippen LogP contribution is 2.64. The summed E-state index contributed by atoms with van der Waals surface area (Å²) >= 11 is 0. The van der Waals surface area contributed by atoms with Crippen molar-refractivity contribution in [2.75, 3.05) is 13.2 Å². The van der Waals surface area contributed by atoms with Crippen LogP contribution in [0.2, 0.25) is 0 Å². The molecule has 0 unspecified atom stereocenters. The van der Waals surface area contributed by atoms with E-state index in [1.54, 1.807) is 0 Å². The van der Waals surface area contributed by atoms with Crippen LogP contribution in [0, 0.1) is 5.41 Å². The lowest BCUT2D eigenvalue weighted by molar-refractivity contribution is 0.232. The predicted octanol–water partition coefficient (Wildman–Crippen LogP) is 0.927. The lowest BCUT2D eigenvalue weighted by Crippen LogP contribution is -2.10. The molecule has 84 valence electrons. The minimum Gasteiger partial charge on any atom is -0.302 e. The summed E-state index contributed by atoms with van der Waals surface area (Å²) in [6.07, 6.45) is 0. The van der Waals surface area contributed by atoms with Crippen LogP contribution < -0.4 is 0 Å². The van der Waals surface area contributed by atoms with E-state index in [4.69, 9.17) is 20.1 Å². The maximum Gasteiger partial charge on any atom is 0.469 e. The van der Waals surface area contributed by atoms with Crippen molar-refractivity contribution in [3.8, 4) is 0 Å². The Hall–Kier alpha value is 0.130. The smallest absolute Gasteiger partial charge is 0.302 e. The summed E-state index contributed by atoms with van der Waals surface area (Å²) in [6, 6.07) is 0. The van der Waals surface area contributed by atoms with Crippen LogP contribution in [0.3, 0.4) is 0 Å². The zero-order valence-corrected chi connectivity index (χ0v) is 9.66. The highest BCUT2D eigenvalue weighted by atomic mass is 31.3. The molecule has 0 heterocycles. The van der Waals surface area contributed by atoms with Gasteiger partial charge in [-0.1, -0.05) is 0 Å². The monoisotopic (exact) mass is 246 g/mol. The second-order valence-electron chi connectivity index (χ2n) is 2.22. The molecule has 0 aliphatic heterocycles. The Bertz CT molecular complexity index is 239. The van der Waals surface area contributed by atoms with Crippen LogP contribution >= 0.6 is 15.5 Å². The van der Waals surface area contributed by atoms with Gasteiger partial charge in [-0.25, -0.2) is 4.57 Å². The molecule has 0 bridgehead atoms. The van der Waals surface area contributed by atoms with Crippen molar-refractivity contribution in [2.45, 2.75) is 13.8 Å². The summed E-state index contributed by atoms with van der Waals surface area (Å²) in [7, 11) is -8.67. The second-order valence-corrected chi connectivity index (χ2v) is 6.12. The van der Waals surface area contributed by atoms with E-state index in [1.807, 2.05) is 0 Å². The van der Waals surface area contributed by atoms with Crippen LogP contribution in [0.25, 0.3) is 0 Å². The third-order valence-corrected chi connectivity index (χ3v) is 4.96. The maximum absolute atomic E-state index is 11.6. The van der Waals surface area contributed by atoms with Crippen LogP contribution in [0.1, 0.15) is 13.8 Å². The standard InChI is InChI=1S/C5H14NO6P2/c1-3-11-14(10,12-4-2)5(6)13(7,8)9/h6-9H,3-4H2,1-2H3/q+1. The molecule has 14 heavy (non-hydrogen) atoms. The van der Waals surface area contributed by atoms with Crippen molar-refractivity contribution < 1.29 is 28.3 Å². The molecule has 0 aromatic carbocycles. The molecule has 9 heteroatoms. The molecular weight excluding hydrogens is 232 g/mol. The van der Waals surface area contributed by atoms with E-state index >= 15 is 0 Å². The van der Waals surface area contributed by atoms with E-state index in [2.05, 4.69) is 9.05 Å². The topological polar surface area (TPSA) is 120 Å². The third kappa shape index (κ3) is 3.71. The largest absolute Gasteiger partial charge is 0.469 e. The Balaban J connectivity index is 4.83. The highest BCUT2D eigenvalue weighted by molar-refractivity contribution is 8.00. The van der Waals surface area contributed by atoms with E-state index in [-0.39, 0.29) is 13.2 Å². The lowest BCUT2D eigenvalue weighted by Gasteiger charge is -2.15. The number of nitrogens with one attached hydrogen (secondary N) is 1. The zero-order chi connectivity index (χ0) is 11.4. The fraction of sp³-hybridized carbons (Fsp3) is 0.800. The molecule has 0 radical (unpaired) electrons. The third-order valence-electron chi connectivity index (χ3n) is 1.14. The van der Waals surface area contributed by atoms with Gasteiger partial charge in [0, 0.05) is 0 Å². The zero-order valence-electron chi connectivity index (χ0n) is 7.88. The molecule has 0 aliphatic rings. The quantitative estimate of drug-likeness (QED) is 0.408. The van der Waals surface area contributed by atoms with Gasteiger partial charge in [-0.3, -0.25) is 5.41 Å². The van der Waals surface area contributed by atoms with E-state index in [0.717, 1.165) is 0 Å². The molecule has 7 nitrogen and oxygen atoms in total. The molecule has 0 aliphatic carbocycles. The van der Waals surface area contributed by atoms with Crippen molar-refractivity contribution in [3.05, 3.63) is 0 Å². The van der Waals surface area contributed by atoms with Gasteiger partial charge in [0.2, 0.25) is 0 Å². The van der Waals surface area contributed by atoms with Crippen LogP contribution in [0.5, 0.6) is 0 Å². The molecule has 0 fully saturated rings. The average molecular weight is 246 g/mol. The average Bonchev–Trinajstić information content (AvgIpc) is 2.02. The van der Waals surface area contributed by atoms with E-state index in [9.17, 15) is 4.57 Å². The SMILES string of the molecule is CCOP(=O)(OCC)C(=N)[P+](O)(O)O. The Morgan fingerprint density at radius 1 is 1.29 bits per heavy atom. The van der Waals surface area contributed by atoms with Crippen LogP contribution in [0.4, 0.5) is 0 Å². The van der Waals surface area contributed by atoms with Crippen LogP contribution in [-0.4, -0.2) is 33.1 Å². The summed E-state index contributed by atoms with van der Waals surface area (Å²) in [6.45, 7) is 2.95. The molecule has 0 atom stereocenters. The predicted molar refractivity (Wildman–Crippen MR) is 52.2 cm³/mol. The fourth-order valence-corrected chi connectivity index (χ4v) is 3.32. The van der Waals surface area contributed by atoms with Gasteiger partial charge in [0.05, 0.1) is 13.2 Å². The molecule has 0 rings (SSSR count). The van der Waals surface area contributed by atoms with Gasteiger partial charge < -0.3 is 9.05 Å². The maximum atomic E-state index is 11.6.